The largest absolute Gasteiger partial charge is 0.289 e. The summed E-state index contributed by atoms with van der Waals surface area (Å²) >= 11 is 12.4. The number of nitrogens with zero attached hydrogens (tertiary/aromatic N) is 1. The average molecular weight is 460 g/mol. The fraction of sp³-hybridized carbons (Fsp3) is 0.0741. The van der Waals surface area contributed by atoms with Crippen LogP contribution in [0.1, 0.15) is 43.1 Å². The molecule has 0 N–H and O–H groups in total. The number of rotatable bonds is 5. The van der Waals surface area contributed by atoms with Crippen molar-refractivity contribution in [1.82, 2.24) is 4.98 Å². The van der Waals surface area contributed by atoms with Crippen molar-refractivity contribution in [2.75, 3.05) is 0 Å². The molecule has 3 aromatic carbocycles. The van der Waals surface area contributed by atoms with Gasteiger partial charge in [-0.05, 0) is 31.5 Å². The zero-order valence-corrected chi connectivity index (χ0v) is 19.0. The van der Waals surface area contributed by atoms with Crippen LogP contribution < -0.4 is 0 Å². The highest BCUT2D eigenvalue weighted by molar-refractivity contribution is 6.42. The Morgan fingerprint density at radius 2 is 1.22 bits per heavy atom. The van der Waals surface area contributed by atoms with Gasteiger partial charge in [-0.1, -0.05) is 89.9 Å². The van der Waals surface area contributed by atoms with Gasteiger partial charge in [0.1, 0.15) is 0 Å². The minimum atomic E-state index is -0.209. The van der Waals surface area contributed by atoms with Gasteiger partial charge < -0.3 is 0 Å². The number of carbonyl (C=O) groups excluding carboxylic acids is 2. The van der Waals surface area contributed by atoms with Crippen molar-refractivity contribution in [3.05, 3.63) is 122 Å². The smallest absolute Gasteiger partial charge is 0.195 e. The molecular formula is C27H19Cl2NO2. The van der Waals surface area contributed by atoms with Crippen molar-refractivity contribution in [2.24, 2.45) is 0 Å². The fourth-order valence-corrected chi connectivity index (χ4v) is 4.08. The SMILES string of the molecule is Cc1nc(-c2ccc(Cl)c(Cl)c2)c(C(=O)c2ccccc2)c(C)c1C(=O)c1ccccc1. The molecule has 0 aliphatic rings. The number of aromatic nitrogens is 1. The molecule has 32 heavy (non-hydrogen) atoms. The normalized spacial score (nSPS) is 10.8. The van der Waals surface area contributed by atoms with Gasteiger partial charge in [0.05, 0.1) is 21.3 Å². The molecule has 1 aromatic heterocycles. The Bertz CT molecular complexity index is 1330. The second-order valence-electron chi connectivity index (χ2n) is 7.44. The molecule has 158 valence electrons. The van der Waals surface area contributed by atoms with Crippen LogP contribution in [0.5, 0.6) is 0 Å². The fourth-order valence-electron chi connectivity index (χ4n) is 3.79. The lowest BCUT2D eigenvalue weighted by molar-refractivity contribution is 0.103. The highest BCUT2D eigenvalue weighted by atomic mass is 35.5. The third kappa shape index (κ3) is 4.10. The van der Waals surface area contributed by atoms with Gasteiger partial charge in [-0.2, -0.15) is 0 Å². The summed E-state index contributed by atoms with van der Waals surface area (Å²) in [4.78, 5) is 31.7. The molecule has 0 saturated carbocycles. The van der Waals surface area contributed by atoms with E-state index in [1.54, 1.807) is 68.4 Å². The Balaban J connectivity index is 1.99. The van der Waals surface area contributed by atoms with E-state index in [1.807, 2.05) is 24.3 Å². The zero-order valence-electron chi connectivity index (χ0n) is 17.5. The van der Waals surface area contributed by atoms with Gasteiger partial charge >= 0.3 is 0 Å². The highest BCUT2D eigenvalue weighted by Crippen LogP contribution is 2.34. The lowest BCUT2D eigenvalue weighted by atomic mass is 9.88. The van der Waals surface area contributed by atoms with Crippen molar-refractivity contribution in [2.45, 2.75) is 13.8 Å². The van der Waals surface area contributed by atoms with Gasteiger partial charge in [0.15, 0.2) is 11.6 Å². The minimum absolute atomic E-state index is 0.170. The molecule has 4 aromatic rings. The second kappa shape index (κ2) is 9.07. The maximum Gasteiger partial charge on any atom is 0.195 e. The van der Waals surface area contributed by atoms with E-state index < -0.39 is 0 Å². The molecule has 0 amide bonds. The Hall–Kier alpha value is -3.27. The number of benzene rings is 3. The Morgan fingerprint density at radius 3 is 1.75 bits per heavy atom. The highest BCUT2D eigenvalue weighted by Gasteiger charge is 2.26. The van der Waals surface area contributed by atoms with E-state index in [0.29, 0.717) is 54.8 Å². The number of hydrogen-bond acceptors (Lipinski definition) is 3. The quantitative estimate of drug-likeness (QED) is 0.298. The summed E-state index contributed by atoms with van der Waals surface area (Å²) in [7, 11) is 0. The molecule has 0 fully saturated rings. The van der Waals surface area contributed by atoms with Crippen LogP contribution in [0.4, 0.5) is 0 Å². The summed E-state index contributed by atoms with van der Waals surface area (Å²) in [6, 6.07) is 23.1. The summed E-state index contributed by atoms with van der Waals surface area (Å²) in [6.07, 6.45) is 0. The van der Waals surface area contributed by atoms with E-state index in [4.69, 9.17) is 28.2 Å². The van der Waals surface area contributed by atoms with E-state index >= 15 is 0 Å². The van der Waals surface area contributed by atoms with Crippen LogP contribution in [0.3, 0.4) is 0 Å². The van der Waals surface area contributed by atoms with E-state index in [0.717, 1.165) is 0 Å². The first-order valence-electron chi connectivity index (χ1n) is 10.0. The Morgan fingerprint density at radius 1 is 0.688 bits per heavy atom. The standard InChI is InChI=1S/C27H19Cl2NO2/c1-16-23(26(31)18-9-5-3-6-10-18)17(2)30-25(20-13-14-21(28)22(29)15-20)24(16)27(32)19-11-7-4-8-12-19/h3-15H,1-2H3. The van der Waals surface area contributed by atoms with Crippen LogP contribution in [0.15, 0.2) is 78.9 Å². The predicted octanol–water partition coefficient (Wildman–Crippen LogP) is 7.13. The third-order valence-corrected chi connectivity index (χ3v) is 6.09. The van der Waals surface area contributed by atoms with Crippen LogP contribution in [0.25, 0.3) is 11.3 Å². The van der Waals surface area contributed by atoms with Crippen molar-refractivity contribution in [1.29, 1.82) is 0 Å². The van der Waals surface area contributed by atoms with Gasteiger partial charge in [0.2, 0.25) is 0 Å². The van der Waals surface area contributed by atoms with Crippen LogP contribution in [-0.2, 0) is 0 Å². The summed E-state index contributed by atoms with van der Waals surface area (Å²) < 4.78 is 0. The molecule has 0 unspecified atom stereocenters. The molecule has 0 aliphatic carbocycles. The molecular weight excluding hydrogens is 441 g/mol. The van der Waals surface area contributed by atoms with Crippen LogP contribution >= 0.6 is 23.2 Å². The molecule has 4 rings (SSSR count). The van der Waals surface area contributed by atoms with E-state index in [1.165, 1.54) is 0 Å². The van der Waals surface area contributed by atoms with Crippen LogP contribution in [0, 0.1) is 13.8 Å². The van der Waals surface area contributed by atoms with Gasteiger partial charge in [-0.3, -0.25) is 14.6 Å². The summed E-state index contributed by atoms with van der Waals surface area (Å²) in [5, 5.41) is 0.777. The zero-order chi connectivity index (χ0) is 22.8. The number of halogens is 2. The molecule has 0 aliphatic heterocycles. The molecule has 0 spiro atoms. The number of hydrogen-bond donors (Lipinski definition) is 0. The first-order valence-corrected chi connectivity index (χ1v) is 10.8. The van der Waals surface area contributed by atoms with Gasteiger partial charge in [0.25, 0.3) is 0 Å². The first kappa shape index (κ1) is 21.9. The average Bonchev–Trinajstić information content (AvgIpc) is 2.81. The molecule has 0 bridgehead atoms. The van der Waals surface area contributed by atoms with Crippen molar-refractivity contribution in [3.8, 4) is 11.3 Å². The third-order valence-electron chi connectivity index (χ3n) is 5.35. The van der Waals surface area contributed by atoms with Gasteiger partial charge in [-0.15, -0.1) is 0 Å². The monoisotopic (exact) mass is 459 g/mol. The number of pyridine rings is 1. The molecule has 1 heterocycles. The van der Waals surface area contributed by atoms with Crippen molar-refractivity contribution < 1.29 is 9.59 Å². The van der Waals surface area contributed by atoms with Gasteiger partial charge in [-0.25, -0.2) is 0 Å². The maximum absolute atomic E-state index is 13.6. The number of carbonyl (C=O) groups is 2. The number of aryl methyl sites for hydroxylation is 1. The summed E-state index contributed by atoms with van der Waals surface area (Å²) in [6.45, 7) is 3.57. The molecule has 0 radical (unpaired) electrons. The topological polar surface area (TPSA) is 47.0 Å². The van der Waals surface area contributed by atoms with Crippen LogP contribution in [0.2, 0.25) is 10.0 Å². The van der Waals surface area contributed by atoms with E-state index in [9.17, 15) is 9.59 Å². The van der Waals surface area contributed by atoms with E-state index in [-0.39, 0.29) is 11.6 Å². The second-order valence-corrected chi connectivity index (χ2v) is 8.25. The van der Waals surface area contributed by atoms with Crippen molar-refractivity contribution >= 4 is 34.8 Å². The maximum atomic E-state index is 13.6. The number of ketones is 2. The molecule has 3 nitrogen and oxygen atoms in total. The minimum Gasteiger partial charge on any atom is -0.289 e. The first-order chi connectivity index (χ1) is 15.4. The lowest BCUT2D eigenvalue weighted by Gasteiger charge is -2.18. The van der Waals surface area contributed by atoms with E-state index in [2.05, 4.69) is 0 Å². The van der Waals surface area contributed by atoms with Crippen molar-refractivity contribution in [3.63, 3.8) is 0 Å². The Kier molecular flexibility index (Phi) is 6.22. The molecule has 0 atom stereocenters. The van der Waals surface area contributed by atoms with Crippen LogP contribution in [-0.4, -0.2) is 16.6 Å². The molecule has 5 heteroatoms. The summed E-state index contributed by atoms with van der Waals surface area (Å²) in [5.74, 6) is -0.380. The lowest BCUT2D eigenvalue weighted by Crippen LogP contribution is -2.15. The predicted molar refractivity (Wildman–Crippen MR) is 129 cm³/mol. The molecule has 0 saturated heterocycles. The Labute approximate surface area is 196 Å². The van der Waals surface area contributed by atoms with Gasteiger partial charge in [0, 0.05) is 27.9 Å². The summed E-state index contributed by atoms with van der Waals surface area (Å²) in [5.41, 5.74) is 4.12.